The van der Waals surface area contributed by atoms with Crippen LogP contribution in [0.5, 0.6) is 5.75 Å². The fourth-order valence-electron chi connectivity index (χ4n) is 2.61. The van der Waals surface area contributed by atoms with E-state index in [4.69, 9.17) is 4.74 Å². The molecule has 0 spiro atoms. The summed E-state index contributed by atoms with van der Waals surface area (Å²) < 4.78 is 34.5. The first-order valence-electron chi connectivity index (χ1n) is 7.02. The van der Waals surface area contributed by atoms with Gasteiger partial charge in [-0.3, -0.25) is 0 Å². The molecule has 112 valence electrons. The van der Waals surface area contributed by atoms with Gasteiger partial charge in [0.15, 0.2) is 0 Å². The van der Waals surface area contributed by atoms with E-state index in [0.717, 1.165) is 37.9 Å². The number of nitrogens with one attached hydrogen (secondary N) is 1. The summed E-state index contributed by atoms with van der Waals surface area (Å²) in [6, 6.07) is 7.00. The second-order valence-corrected chi connectivity index (χ2v) is 5.00. The molecule has 2 unspecified atom stereocenters. The van der Waals surface area contributed by atoms with Crippen LogP contribution in [0.2, 0.25) is 0 Å². The van der Waals surface area contributed by atoms with E-state index < -0.39 is 6.61 Å². The molecule has 1 aliphatic heterocycles. The molecule has 1 fully saturated rings. The van der Waals surface area contributed by atoms with Gasteiger partial charge in [0.1, 0.15) is 5.75 Å². The van der Waals surface area contributed by atoms with Crippen molar-refractivity contribution in [2.24, 2.45) is 0 Å². The fourth-order valence-corrected chi connectivity index (χ4v) is 2.61. The molecule has 5 heteroatoms. The highest BCUT2D eigenvalue weighted by Crippen LogP contribution is 2.26. The fraction of sp³-hybridized carbons (Fsp3) is 0.600. The van der Waals surface area contributed by atoms with E-state index >= 15 is 0 Å². The largest absolute Gasteiger partial charge is 0.435 e. The lowest BCUT2D eigenvalue weighted by atomic mass is 9.99. The molecule has 1 saturated heterocycles. The molecule has 0 radical (unpaired) electrons. The molecule has 0 aliphatic carbocycles. The summed E-state index contributed by atoms with van der Waals surface area (Å²) in [4.78, 5) is 0. The molecule has 0 saturated carbocycles. The summed E-state index contributed by atoms with van der Waals surface area (Å²) in [6.45, 7) is -1.93. The van der Waals surface area contributed by atoms with Crippen LogP contribution in [-0.4, -0.2) is 26.4 Å². The maximum Gasteiger partial charge on any atom is 0.387 e. The molecule has 1 aliphatic rings. The molecule has 0 amide bonds. The van der Waals surface area contributed by atoms with Gasteiger partial charge in [-0.2, -0.15) is 8.78 Å². The number of hydrogen-bond donors (Lipinski definition) is 1. The minimum Gasteiger partial charge on any atom is -0.435 e. The predicted octanol–water partition coefficient (Wildman–Crippen LogP) is 3.51. The Hall–Kier alpha value is -1.20. The van der Waals surface area contributed by atoms with Crippen molar-refractivity contribution in [1.29, 1.82) is 0 Å². The van der Waals surface area contributed by atoms with Gasteiger partial charge < -0.3 is 14.8 Å². The van der Waals surface area contributed by atoms with Gasteiger partial charge in [0.25, 0.3) is 0 Å². The van der Waals surface area contributed by atoms with Crippen LogP contribution in [0, 0.1) is 0 Å². The molecule has 1 aromatic carbocycles. The maximum absolute atomic E-state index is 12.2. The van der Waals surface area contributed by atoms with Gasteiger partial charge in [-0.05, 0) is 50.4 Å². The number of benzene rings is 1. The van der Waals surface area contributed by atoms with Gasteiger partial charge in [0.05, 0.1) is 6.10 Å². The van der Waals surface area contributed by atoms with E-state index in [-0.39, 0.29) is 11.8 Å². The van der Waals surface area contributed by atoms with Gasteiger partial charge in [0, 0.05) is 12.6 Å². The zero-order valence-electron chi connectivity index (χ0n) is 11.6. The maximum atomic E-state index is 12.2. The molecule has 0 bridgehead atoms. The summed E-state index contributed by atoms with van der Waals surface area (Å²) >= 11 is 0. The van der Waals surface area contributed by atoms with Crippen LogP contribution in [0.4, 0.5) is 8.78 Å². The molecule has 3 nitrogen and oxygen atoms in total. The highest BCUT2D eigenvalue weighted by Gasteiger charge is 2.18. The van der Waals surface area contributed by atoms with E-state index in [9.17, 15) is 8.78 Å². The SMILES string of the molecule is CNC(CCC1CCCO1)c1cccc(OC(F)F)c1. The van der Waals surface area contributed by atoms with Crippen LogP contribution in [0.25, 0.3) is 0 Å². The Morgan fingerprint density at radius 3 is 2.95 bits per heavy atom. The van der Waals surface area contributed by atoms with Crippen molar-refractivity contribution in [3.63, 3.8) is 0 Å². The molecule has 1 aromatic rings. The lowest BCUT2D eigenvalue weighted by Gasteiger charge is -2.19. The van der Waals surface area contributed by atoms with Crippen molar-refractivity contribution in [2.45, 2.75) is 44.4 Å². The molecule has 2 rings (SSSR count). The molecular formula is C15H21F2NO2. The van der Waals surface area contributed by atoms with Gasteiger partial charge in [0.2, 0.25) is 0 Å². The van der Waals surface area contributed by atoms with Gasteiger partial charge in [-0.15, -0.1) is 0 Å². The second kappa shape index (κ2) is 7.55. The summed E-state index contributed by atoms with van der Waals surface area (Å²) in [6.07, 6.45) is 4.48. The van der Waals surface area contributed by atoms with Gasteiger partial charge in [-0.25, -0.2) is 0 Å². The first-order valence-corrected chi connectivity index (χ1v) is 7.02. The van der Waals surface area contributed by atoms with Gasteiger partial charge >= 0.3 is 6.61 Å². The lowest BCUT2D eigenvalue weighted by Crippen LogP contribution is -2.19. The Morgan fingerprint density at radius 1 is 1.45 bits per heavy atom. The summed E-state index contributed by atoms with van der Waals surface area (Å²) in [5, 5.41) is 3.22. The Morgan fingerprint density at radius 2 is 2.30 bits per heavy atom. The summed E-state index contributed by atoms with van der Waals surface area (Å²) in [7, 11) is 1.88. The van der Waals surface area contributed by atoms with Crippen LogP contribution in [-0.2, 0) is 4.74 Å². The first-order chi connectivity index (χ1) is 9.69. The zero-order chi connectivity index (χ0) is 14.4. The Bertz CT molecular complexity index is 409. The van der Waals surface area contributed by atoms with E-state index in [1.54, 1.807) is 18.2 Å². The number of alkyl halides is 2. The summed E-state index contributed by atoms with van der Waals surface area (Å²) in [5.41, 5.74) is 0.962. The number of halogens is 2. The molecule has 20 heavy (non-hydrogen) atoms. The Balaban J connectivity index is 1.95. The standard InChI is InChI=1S/C15H21F2NO2/c1-18-14(8-7-12-6-3-9-19-12)11-4-2-5-13(10-11)20-15(16)17/h2,4-5,10,12,14-15,18H,3,6-9H2,1H3. The summed E-state index contributed by atoms with van der Waals surface area (Å²) in [5.74, 6) is 0.204. The van der Waals surface area contributed by atoms with E-state index in [1.807, 2.05) is 13.1 Å². The van der Waals surface area contributed by atoms with Crippen LogP contribution in [0.15, 0.2) is 24.3 Å². The van der Waals surface area contributed by atoms with E-state index in [2.05, 4.69) is 10.1 Å². The molecule has 2 atom stereocenters. The lowest BCUT2D eigenvalue weighted by molar-refractivity contribution is -0.0499. The van der Waals surface area contributed by atoms with Crippen LogP contribution in [0.3, 0.4) is 0 Å². The predicted molar refractivity (Wildman–Crippen MR) is 73.1 cm³/mol. The van der Waals surface area contributed by atoms with Crippen molar-refractivity contribution >= 4 is 0 Å². The normalized spacial score (nSPS) is 20.3. The van der Waals surface area contributed by atoms with Crippen LogP contribution >= 0.6 is 0 Å². The average molecular weight is 285 g/mol. The Labute approximate surface area is 118 Å². The number of rotatable bonds is 7. The Kier molecular flexibility index (Phi) is 5.73. The zero-order valence-corrected chi connectivity index (χ0v) is 11.6. The third kappa shape index (κ3) is 4.42. The highest BCUT2D eigenvalue weighted by atomic mass is 19.3. The number of ether oxygens (including phenoxy) is 2. The van der Waals surface area contributed by atoms with Crippen LogP contribution in [0.1, 0.15) is 37.3 Å². The van der Waals surface area contributed by atoms with Crippen molar-refractivity contribution in [2.75, 3.05) is 13.7 Å². The topological polar surface area (TPSA) is 30.5 Å². The minimum atomic E-state index is -2.79. The minimum absolute atomic E-state index is 0.125. The average Bonchev–Trinajstić information content (AvgIpc) is 2.92. The van der Waals surface area contributed by atoms with E-state index in [0.29, 0.717) is 6.10 Å². The highest BCUT2D eigenvalue weighted by molar-refractivity contribution is 5.30. The van der Waals surface area contributed by atoms with Crippen molar-refractivity contribution in [1.82, 2.24) is 5.32 Å². The molecule has 1 heterocycles. The number of hydrogen-bond acceptors (Lipinski definition) is 3. The smallest absolute Gasteiger partial charge is 0.387 e. The van der Waals surface area contributed by atoms with Crippen molar-refractivity contribution in [3.8, 4) is 5.75 Å². The third-order valence-electron chi connectivity index (χ3n) is 3.64. The quantitative estimate of drug-likeness (QED) is 0.831. The molecule has 1 N–H and O–H groups in total. The van der Waals surface area contributed by atoms with Crippen molar-refractivity contribution in [3.05, 3.63) is 29.8 Å². The first kappa shape index (κ1) is 15.2. The second-order valence-electron chi connectivity index (χ2n) is 5.00. The molecular weight excluding hydrogens is 264 g/mol. The van der Waals surface area contributed by atoms with Crippen LogP contribution < -0.4 is 10.1 Å². The van der Waals surface area contributed by atoms with Crippen molar-refractivity contribution < 1.29 is 18.3 Å². The van der Waals surface area contributed by atoms with Gasteiger partial charge in [-0.1, -0.05) is 12.1 Å². The molecule has 0 aromatic heterocycles. The monoisotopic (exact) mass is 285 g/mol. The van der Waals surface area contributed by atoms with E-state index in [1.165, 1.54) is 0 Å². The third-order valence-corrected chi connectivity index (χ3v) is 3.64.